The topological polar surface area (TPSA) is 4.44 Å². The maximum atomic E-state index is 2.30. The lowest BCUT2D eigenvalue weighted by molar-refractivity contribution is -0.858. The van der Waals surface area contributed by atoms with Gasteiger partial charge in [0.2, 0.25) is 0 Å². The van der Waals surface area contributed by atoms with E-state index in [0.29, 0.717) is 0 Å². The van der Waals surface area contributed by atoms with Crippen LogP contribution in [-0.2, 0) is 0 Å². The molecule has 1 N–H and O–H groups in total. The van der Waals surface area contributed by atoms with Crippen LogP contribution in [0.2, 0.25) is 0 Å². The lowest BCUT2D eigenvalue weighted by Crippen LogP contribution is -3.05. The smallest absolute Gasteiger partial charge is 0.0766 e. The summed E-state index contributed by atoms with van der Waals surface area (Å²) in [6.45, 7) is 3.64. The van der Waals surface area contributed by atoms with Gasteiger partial charge in [-0.3, -0.25) is 0 Å². The van der Waals surface area contributed by atoms with E-state index in [0.717, 1.165) is 0 Å². The SMILES string of the molecule is CCCCCCCCCCCCCCCCCCCC[NH+](C)C. The Bertz CT molecular complexity index is 200. The summed E-state index contributed by atoms with van der Waals surface area (Å²) in [4.78, 5) is 1.60. The average molecular weight is 327 g/mol. The fourth-order valence-corrected chi connectivity index (χ4v) is 3.38. The molecule has 0 amide bonds. The van der Waals surface area contributed by atoms with Gasteiger partial charge in [0.1, 0.15) is 0 Å². The Balaban J connectivity index is 2.95. The van der Waals surface area contributed by atoms with E-state index in [1.54, 1.807) is 4.90 Å². The normalized spacial score (nSPS) is 11.5. The van der Waals surface area contributed by atoms with Gasteiger partial charge in [-0.25, -0.2) is 0 Å². The second kappa shape index (κ2) is 20.0. The van der Waals surface area contributed by atoms with Crippen LogP contribution in [-0.4, -0.2) is 20.6 Å². The first-order valence-corrected chi connectivity index (χ1v) is 11.1. The fourth-order valence-electron chi connectivity index (χ4n) is 3.38. The van der Waals surface area contributed by atoms with Crippen LogP contribution in [0.4, 0.5) is 0 Å². The summed E-state index contributed by atoms with van der Waals surface area (Å²) in [5.41, 5.74) is 0. The van der Waals surface area contributed by atoms with Gasteiger partial charge in [0, 0.05) is 0 Å². The molecule has 0 rings (SSSR count). The molecule has 0 aromatic heterocycles. The summed E-state index contributed by atoms with van der Waals surface area (Å²) in [5, 5.41) is 0. The molecule has 0 radical (unpaired) electrons. The van der Waals surface area contributed by atoms with Gasteiger partial charge in [0.25, 0.3) is 0 Å². The van der Waals surface area contributed by atoms with Crippen molar-refractivity contribution in [2.24, 2.45) is 0 Å². The van der Waals surface area contributed by atoms with Crippen LogP contribution in [0.1, 0.15) is 122 Å². The number of quaternary nitrogens is 1. The van der Waals surface area contributed by atoms with Crippen molar-refractivity contribution in [1.82, 2.24) is 0 Å². The molecule has 0 aromatic rings. The van der Waals surface area contributed by atoms with E-state index < -0.39 is 0 Å². The van der Waals surface area contributed by atoms with E-state index >= 15 is 0 Å². The van der Waals surface area contributed by atoms with Gasteiger partial charge in [0.05, 0.1) is 20.6 Å². The molecule has 0 unspecified atom stereocenters. The predicted molar refractivity (Wildman–Crippen MR) is 106 cm³/mol. The van der Waals surface area contributed by atoms with Crippen molar-refractivity contribution in [2.45, 2.75) is 122 Å². The van der Waals surface area contributed by atoms with E-state index in [9.17, 15) is 0 Å². The minimum absolute atomic E-state index is 1.35. The van der Waals surface area contributed by atoms with Gasteiger partial charge in [-0.15, -0.1) is 0 Å². The second-order valence-corrected chi connectivity index (χ2v) is 7.97. The number of hydrogen-bond donors (Lipinski definition) is 1. The molecule has 0 aliphatic rings. The molecule has 1 heteroatoms. The Hall–Kier alpha value is -0.0400. The van der Waals surface area contributed by atoms with Crippen molar-refractivity contribution in [3.8, 4) is 0 Å². The minimum Gasteiger partial charge on any atom is -0.340 e. The predicted octanol–water partition coefficient (Wildman–Crippen LogP) is 6.17. The zero-order valence-corrected chi connectivity index (χ0v) is 16.9. The molecule has 0 saturated carbocycles. The molecular weight excluding hydrogens is 278 g/mol. The molecule has 0 atom stereocenters. The maximum absolute atomic E-state index is 2.30. The van der Waals surface area contributed by atoms with Crippen LogP contribution in [0.25, 0.3) is 0 Å². The first-order chi connectivity index (χ1) is 11.3. The molecule has 1 nitrogen and oxygen atoms in total. The molecule has 0 fully saturated rings. The molecule has 140 valence electrons. The van der Waals surface area contributed by atoms with Gasteiger partial charge in [0.15, 0.2) is 0 Å². The molecule has 0 bridgehead atoms. The third-order valence-electron chi connectivity index (χ3n) is 5.03. The van der Waals surface area contributed by atoms with Gasteiger partial charge in [-0.1, -0.05) is 110 Å². The van der Waals surface area contributed by atoms with Crippen molar-refractivity contribution in [2.75, 3.05) is 20.6 Å². The first kappa shape index (κ1) is 23.0. The van der Waals surface area contributed by atoms with E-state index in [4.69, 9.17) is 0 Å². The molecule has 0 saturated heterocycles. The number of hydrogen-bond acceptors (Lipinski definition) is 0. The lowest BCUT2D eigenvalue weighted by Gasteiger charge is -2.06. The Labute approximate surface area is 148 Å². The Kier molecular flexibility index (Phi) is 20.0. The molecular formula is C22H48N+. The Morgan fingerprint density at radius 2 is 0.652 bits per heavy atom. The van der Waals surface area contributed by atoms with Gasteiger partial charge < -0.3 is 4.90 Å². The summed E-state index contributed by atoms with van der Waals surface area (Å²) in [5.74, 6) is 0. The number of unbranched alkanes of at least 4 members (excludes halogenated alkanes) is 17. The van der Waals surface area contributed by atoms with Crippen molar-refractivity contribution in [1.29, 1.82) is 0 Å². The zero-order chi connectivity index (χ0) is 17.0. The van der Waals surface area contributed by atoms with Crippen molar-refractivity contribution in [3.63, 3.8) is 0 Å². The molecule has 0 aromatic carbocycles. The largest absolute Gasteiger partial charge is 0.340 e. The van der Waals surface area contributed by atoms with Gasteiger partial charge >= 0.3 is 0 Å². The summed E-state index contributed by atoms with van der Waals surface area (Å²) < 4.78 is 0. The molecule has 0 aliphatic heterocycles. The highest BCUT2D eigenvalue weighted by Crippen LogP contribution is 2.14. The van der Waals surface area contributed by atoms with Crippen LogP contribution < -0.4 is 4.90 Å². The highest BCUT2D eigenvalue weighted by molar-refractivity contribution is 4.50. The van der Waals surface area contributed by atoms with Crippen LogP contribution in [0.3, 0.4) is 0 Å². The monoisotopic (exact) mass is 326 g/mol. The number of rotatable bonds is 19. The average Bonchev–Trinajstić information content (AvgIpc) is 2.53. The van der Waals surface area contributed by atoms with Crippen LogP contribution in [0.15, 0.2) is 0 Å². The van der Waals surface area contributed by atoms with Crippen LogP contribution in [0, 0.1) is 0 Å². The minimum atomic E-state index is 1.35. The van der Waals surface area contributed by atoms with Gasteiger partial charge in [-0.2, -0.15) is 0 Å². The van der Waals surface area contributed by atoms with Crippen LogP contribution in [0.5, 0.6) is 0 Å². The van der Waals surface area contributed by atoms with Gasteiger partial charge in [-0.05, 0) is 12.8 Å². The molecule has 0 spiro atoms. The highest BCUT2D eigenvalue weighted by Gasteiger charge is 1.96. The summed E-state index contributed by atoms with van der Waals surface area (Å²) >= 11 is 0. The highest BCUT2D eigenvalue weighted by atomic mass is 15.0. The van der Waals surface area contributed by atoms with Crippen molar-refractivity contribution in [3.05, 3.63) is 0 Å². The quantitative estimate of drug-likeness (QED) is 0.271. The first-order valence-electron chi connectivity index (χ1n) is 11.1. The third kappa shape index (κ3) is 22.0. The molecule has 0 aliphatic carbocycles. The molecule has 23 heavy (non-hydrogen) atoms. The summed E-state index contributed by atoms with van der Waals surface area (Å²) in [6.07, 6.45) is 26.4. The van der Waals surface area contributed by atoms with E-state index in [-0.39, 0.29) is 0 Å². The van der Waals surface area contributed by atoms with Crippen molar-refractivity contribution < 1.29 is 4.90 Å². The standard InChI is InChI=1S/C22H47N/c1-4-5-6-7-8-9-10-11-12-13-14-15-16-17-18-19-20-21-22-23(2)3/h4-22H2,1-3H3/p+1. The molecule has 0 heterocycles. The third-order valence-corrected chi connectivity index (χ3v) is 5.03. The van der Waals surface area contributed by atoms with Crippen LogP contribution >= 0.6 is 0 Å². The summed E-state index contributed by atoms with van der Waals surface area (Å²) in [6, 6.07) is 0. The lowest BCUT2D eigenvalue weighted by atomic mass is 10.0. The maximum Gasteiger partial charge on any atom is 0.0766 e. The second-order valence-electron chi connectivity index (χ2n) is 7.97. The van der Waals surface area contributed by atoms with Crippen molar-refractivity contribution >= 4 is 0 Å². The number of nitrogens with one attached hydrogen (secondary N) is 1. The Morgan fingerprint density at radius 1 is 0.391 bits per heavy atom. The summed E-state index contributed by atoms with van der Waals surface area (Å²) in [7, 11) is 4.52. The van der Waals surface area contributed by atoms with E-state index in [1.807, 2.05) is 0 Å². The van der Waals surface area contributed by atoms with E-state index in [2.05, 4.69) is 21.0 Å². The fraction of sp³-hybridized carbons (Fsp3) is 1.00. The van der Waals surface area contributed by atoms with E-state index in [1.165, 1.54) is 122 Å². The zero-order valence-electron chi connectivity index (χ0n) is 16.9. The Morgan fingerprint density at radius 3 is 0.913 bits per heavy atom.